The van der Waals surface area contributed by atoms with E-state index in [9.17, 15) is 23.5 Å². The Bertz CT molecular complexity index is 1490. The van der Waals surface area contributed by atoms with Crippen molar-refractivity contribution in [2.24, 2.45) is 7.05 Å². The van der Waals surface area contributed by atoms with Crippen molar-refractivity contribution in [2.75, 3.05) is 6.61 Å². The number of benzene rings is 3. The van der Waals surface area contributed by atoms with E-state index in [-0.39, 0.29) is 31.1 Å². The number of aromatic nitrogens is 2. The van der Waals surface area contributed by atoms with Gasteiger partial charge in [-0.1, -0.05) is 36.4 Å². The van der Waals surface area contributed by atoms with Gasteiger partial charge in [0.1, 0.15) is 17.2 Å². The number of alkyl halides is 2. The number of hydrogen-bond acceptors (Lipinski definition) is 5. The first kappa shape index (κ1) is 25.1. The van der Waals surface area contributed by atoms with Gasteiger partial charge in [-0.2, -0.15) is 8.78 Å². The van der Waals surface area contributed by atoms with Crippen LogP contribution in [0.3, 0.4) is 0 Å². The van der Waals surface area contributed by atoms with Crippen LogP contribution >= 0.6 is 0 Å². The van der Waals surface area contributed by atoms with Gasteiger partial charge in [0.2, 0.25) is 0 Å². The number of aliphatic hydroxyl groups excluding tert-OH is 1. The minimum atomic E-state index is -3.36. The van der Waals surface area contributed by atoms with Gasteiger partial charge in [-0.15, -0.1) is 0 Å². The van der Waals surface area contributed by atoms with E-state index in [0.29, 0.717) is 35.6 Å². The first-order valence-electron chi connectivity index (χ1n) is 11.4. The molecule has 1 aromatic heterocycles. The molecule has 1 N–H and O–H groups in total. The molecule has 9 heteroatoms. The maximum atomic E-state index is 13.5. The third-order valence-electron chi connectivity index (χ3n) is 5.68. The molecule has 0 aliphatic carbocycles. The van der Waals surface area contributed by atoms with Gasteiger partial charge in [0.15, 0.2) is 0 Å². The molecule has 4 aromatic rings. The van der Waals surface area contributed by atoms with E-state index in [1.165, 1.54) is 22.8 Å². The fourth-order valence-corrected chi connectivity index (χ4v) is 4.07. The summed E-state index contributed by atoms with van der Waals surface area (Å²) in [5.74, 6) is 0.520. The van der Waals surface area contributed by atoms with Gasteiger partial charge in [-0.3, -0.25) is 13.9 Å². The second-order valence-electron chi connectivity index (χ2n) is 8.46. The summed E-state index contributed by atoms with van der Waals surface area (Å²) in [5.41, 5.74) is 0.925. The number of rotatable bonds is 9. The number of aryl methyl sites for hydroxylation is 1. The first-order chi connectivity index (χ1) is 17.2. The molecule has 0 saturated carbocycles. The highest BCUT2D eigenvalue weighted by Gasteiger charge is 2.24. The fraction of sp³-hybridized carbons (Fsp3) is 0.259. The lowest BCUT2D eigenvalue weighted by atomic mass is 9.99. The molecule has 188 valence electrons. The van der Waals surface area contributed by atoms with Gasteiger partial charge in [0, 0.05) is 45.2 Å². The third kappa shape index (κ3) is 5.46. The van der Waals surface area contributed by atoms with Crippen molar-refractivity contribution in [3.8, 4) is 17.2 Å². The van der Waals surface area contributed by atoms with Gasteiger partial charge in [0.05, 0.1) is 10.9 Å². The Morgan fingerprint density at radius 1 is 0.972 bits per heavy atom. The Hall–Kier alpha value is -3.98. The first-order valence-corrected chi connectivity index (χ1v) is 11.4. The molecule has 3 aromatic carbocycles. The summed E-state index contributed by atoms with van der Waals surface area (Å²) < 4.78 is 39.9. The van der Waals surface area contributed by atoms with E-state index >= 15 is 0 Å². The van der Waals surface area contributed by atoms with E-state index < -0.39 is 17.4 Å². The molecule has 0 aliphatic rings. The van der Waals surface area contributed by atoms with Gasteiger partial charge in [-0.05, 0) is 36.2 Å². The van der Waals surface area contributed by atoms with Crippen molar-refractivity contribution in [1.29, 1.82) is 0 Å². The van der Waals surface area contributed by atoms with Crippen LogP contribution in [-0.2, 0) is 20.0 Å². The Labute approximate surface area is 205 Å². The lowest BCUT2D eigenvalue weighted by Gasteiger charge is -2.18. The maximum Gasteiger partial charge on any atom is 0.394 e. The molecule has 7 nitrogen and oxygen atoms in total. The standard InChI is InChI=1S/C27H26F2N2O5/c1-27(28,29)36-20-11-6-10-19(17-20)35-23-13-12-22-24(21(23)16-18-8-4-3-5-9-18)25(33)31(14-7-15-32)26(34)30(22)2/h3-6,8-13,17,32H,7,14-16H2,1-2H3. The number of fused-ring (bicyclic) bond motifs is 1. The average Bonchev–Trinajstić information content (AvgIpc) is 2.83. The molecular weight excluding hydrogens is 470 g/mol. The number of hydrogen-bond donors (Lipinski definition) is 1. The lowest BCUT2D eigenvalue weighted by Crippen LogP contribution is -2.39. The molecule has 0 bridgehead atoms. The number of halogens is 2. The quantitative estimate of drug-likeness (QED) is 0.370. The van der Waals surface area contributed by atoms with Crippen LogP contribution in [0.25, 0.3) is 10.9 Å². The largest absolute Gasteiger partial charge is 0.457 e. The summed E-state index contributed by atoms with van der Waals surface area (Å²) in [5, 5.41) is 9.55. The summed E-state index contributed by atoms with van der Waals surface area (Å²) in [6, 6.07) is 18.6. The normalized spacial score (nSPS) is 11.6. The molecule has 4 rings (SSSR count). The number of aliphatic hydroxyl groups is 1. The molecule has 1 heterocycles. The summed E-state index contributed by atoms with van der Waals surface area (Å²) in [7, 11) is 1.58. The van der Waals surface area contributed by atoms with E-state index in [2.05, 4.69) is 4.74 Å². The molecule has 0 atom stereocenters. The van der Waals surface area contributed by atoms with Crippen LogP contribution in [0.5, 0.6) is 17.2 Å². The summed E-state index contributed by atoms with van der Waals surface area (Å²) in [4.78, 5) is 26.4. The SMILES string of the molecule is Cn1c(=O)n(CCCO)c(=O)c2c(Cc3ccccc3)c(Oc3cccc(OC(C)(F)F)c3)ccc21. The average molecular weight is 497 g/mol. The second-order valence-corrected chi connectivity index (χ2v) is 8.46. The maximum absolute atomic E-state index is 13.5. The van der Waals surface area contributed by atoms with Crippen LogP contribution < -0.4 is 20.7 Å². The molecule has 0 fully saturated rings. The van der Waals surface area contributed by atoms with Crippen LogP contribution in [0.4, 0.5) is 8.78 Å². The van der Waals surface area contributed by atoms with Crippen LogP contribution in [0.1, 0.15) is 24.5 Å². The smallest absolute Gasteiger partial charge is 0.394 e. The van der Waals surface area contributed by atoms with Crippen LogP contribution in [-0.4, -0.2) is 27.0 Å². The number of ether oxygens (including phenoxy) is 2. The van der Waals surface area contributed by atoms with E-state index in [4.69, 9.17) is 4.74 Å². The van der Waals surface area contributed by atoms with Crippen molar-refractivity contribution >= 4 is 10.9 Å². The molecule has 0 aliphatic heterocycles. The monoisotopic (exact) mass is 496 g/mol. The second kappa shape index (κ2) is 10.3. The highest BCUT2D eigenvalue weighted by atomic mass is 19.3. The molecule has 0 saturated heterocycles. The van der Waals surface area contributed by atoms with Crippen LogP contribution in [0, 0.1) is 0 Å². The van der Waals surface area contributed by atoms with Gasteiger partial charge in [-0.25, -0.2) is 4.79 Å². The Morgan fingerprint density at radius 2 is 1.69 bits per heavy atom. The summed E-state index contributed by atoms with van der Waals surface area (Å²) in [6.07, 6.45) is -2.78. The van der Waals surface area contributed by atoms with E-state index in [1.54, 1.807) is 25.2 Å². The minimum absolute atomic E-state index is 0.0679. The summed E-state index contributed by atoms with van der Waals surface area (Å²) >= 11 is 0. The predicted octanol–water partition coefficient (Wildman–Crippen LogP) is 4.46. The summed E-state index contributed by atoms with van der Waals surface area (Å²) in [6.45, 7) is 0.551. The molecule has 0 amide bonds. The van der Waals surface area contributed by atoms with E-state index in [0.717, 1.165) is 10.1 Å². The van der Waals surface area contributed by atoms with Gasteiger partial charge < -0.3 is 14.6 Å². The fourth-order valence-electron chi connectivity index (χ4n) is 4.07. The zero-order valence-corrected chi connectivity index (χ0v) is 19.9. The zero-order chi connectivity index (χ0) is 25.9. The third-order valence-corrected chi connectivity index (χ3v) is 5.68. The van der Waals surface area contributed by atoms with Gasteiger partial charge >= 0.3 is 11.8 Å². The van der Waals surface area contributed by atoms with Crippen molar-refractivity contribution in [3.05, 3.63) is 98.7 Å². The van der Waals surface area contributed by atoms with E-state index in [1.807, 2.05) is 30.3 Å². The number of nitrogens with zero attached hydrogens (tertiary/aromatic N) is 2. The van der Waals surface area contributed by atoms with Crippen molar-refractivity contribution in [1.82, 2.24) is 9.13 Å². The minimum Gasteiger partial charge on any atom is -0.457 e. The Balaban J connectivity index is 1.90. The van der Waals surface area contributed by atoms with Crippen molar-refractivity contribution in [2.45, 2.75) is 32.4 Å². The lowest BCUT2D eigenvalue weighted by molar-refractivity contribution is -0.158. The molecule has 36 heavy (non-hydrogen) atoms. The molecular formula is C27H26F2N2O5. The molecule has 0 radical (unpaired) electrons. The molecule has 0 spiro atoms. The molecule has 0 unspecified atom stereocenters. The zero-order valence-electron chi connectivity index (χ0n) is 19.9. The van der Waals surface area contributed by atoms with Crippen molar-refractivity contribution < 1.29 is 23.4 Å². The van der Waals surface area contributed by atoms with Crippen LogP contribution in [0.15, 0.2) is 76.3 Å². The predicted molar refractivity (Wildman–Crippen MR) is 132 cm³/mol. The highest BCUT2D eigenvalue weighted by molar-refractivity contribution is 5.84. The topological polar surface area (TPSA) is 82.7 Å². The van der Waals surface area contributed by atoms with Gasteiger partial charge in [0.25, 0.3) is 5.56 Å². The highest BCUT2D eigenvalue weighted by Crippen LogP contribution is 2.33. The Kier molecular flexibility index (Phi) is 7.21. The van der Waals surface area contributed by atoms with Crippen LogP contribution in [0.2, 0.25) is 0 Å². The Morgan fingerprint density at radius 3 is 2.39 bits per heavy atom. The van der Waals surface area contributed by atoms with Crippen molar-refractivity contribution in [3.63, 3.8) is 0 Å².